The van der Waals surface area contributed by atoms with Gasteiger partial charge < -0.3 is 5.32 Å². The Morgan fingerprint density at radius 3 is 2.57 bits per heavy atom. The summed E-state index contributed by atoms with van der Waals surface area (Å²) in [6, 6.07) is 3.71. The molecule has 1 saturated heterocycles. The van der Waals surface area contributed by atoms with E-state index in [0.717, 1.165) is 13.1 Å². The average Bonchev–Trinajstić information content (AvgIpc) is 2.47. The number of rotatable bonds is 4. The minimum Gasteiger partial charge on any atom is -0.323 e. The number of piperidine rings is 1. The topological polar surface area (TPSA) is 75.5 Å². The molecule has 0 spiro atoms. The van der Waals surface area contributed by atoms with Gasteiger partial charge in [-0.2, -0.15) is 0 Å². The van der Waals surface area contributed by atoms with Gasteiger partial charge >= 0.3 is 0 Å². The fraction of sp³-hybridized carbons (Fsp3) is 0.562. The summed E-state index contributed by atoms with van der Waals surface area (Å²) < 4.78 is 0. The standard InChI is InChI=1S/C16H22ClN3O3/c1-10-6-11(2)9-19(8-10)12(3)16(21)18-15-7-13(20(22)23)4-5-14(15)17/h4-5,7,10-12H,6,8-9H2,1-3H3,(H,18,21)/t10-,11-,12-/m1/s1. The molecule has 6 nitrogen and oxygen atoms in total. The summed E-state index contributed by atoms with van der Waals surface area (Å²) in [5, 5.41) is 13.8. The molecule has 1 N–H and O–H groups in total. The van der Waals surface area contributed by atoms with Crippen LogP contribution in [0.15, 0.2) is 18.2 Å². The molecule has 0 aliphatic carbocycles. The van der Waals surface area contributed by atoms with Crippen molar-refractivity contribution >= 4 is 28.9 Å². The number of hydrogen-bond acceptors (Lipinski definition) is 4. The average molecular weight is 340 g/mol. The number of carbonyl (C=O) groups is 1. The third-order valence-electron chi connectivity index (χ3n) is 4.24. The second-order valence-corrected chi connectivity index (χ2v) is 6.89. The molecule has 23 heavy (non-hydrogen) atoms. The van der Waals surface area contributed by atoms with E-state index in [4.69, 9.17) is 11.6 Å². The number of anilines is 1. The first kappa shape index (κ1) is 17.7. The Morgan fingerprint density at radius 2 is 2.00 bits per heavy atom. The third-order valence-corrected chi connectivity index (χ3v) is 4.57. The molecule has 126 valence electrons. The van der Waals surface area contributed by atoms with Crippen LogP contribution in [-0.4, -0.2) is 34.9 Å². The molecule has 1 heterocycles. The van der Waals surface area contributed by atoms with Crippen molar-refractivity contribution in [3.05, 3.63) is 33.3 Å². The molecule has 1 aromatic carbocycles. The van der Waals surface area contributed by atoms with Gasteiger partial charge in [-0.3, -0.25) is 19.8 Å². The molecule has 1 fully saturated rings. The predicted molar refractivity (Wildman–Crippen MR) is 90.7 cm³/mol. The number of nitrogens with zero attached hydrogens (tertiary/aromatic N) is 2. The fourth-order valence-electron chi connectivity index (χ4n) is 3.15. The second kappa shape index (κ2) is 7.27. The monoisotopic (exact) mass is 339 g/mol. The third kappa shape index (κ3) is 4.42. The van der Waals surface area contributed by atoms with Crippen molar-refractivity contribution in [2.45, 2.75) is 33.2 Å². The minimum atomic E-state index is -0.511. The van der Waals surface area contributed by atoms with Gasteiger partial charge in [-0.1, -0.05) is 25.4 Å². The number of likely N-dealkylation sites (tertiary alicyclic amines) is 1. The van der Waals surface area contributed by atoms with Crippen LogP contribution in [0, 0.1) is 22.0 Å². The van der Waals surface area contributed by atoms with E-state index in [1.807, 2.05) is 6.92 Å². The predicted octanol–water partition coefficient (Wildman–Crippen LogP) is 3.55. The summed E-state index contributed by atoms with van der Waals surface area (Å²) in [5.74, 6) is 0.902. The van der Waals surface area contributed by atoms with Gasteiger partial charge in [0.1, 0.15) is 0 Å². The normalized spacial score (nSPS) is 23.3. The molecule has 0 unspecified atom stereocenters. The number of benzene rings is 1. The van der Waals surface area contributed by atoms with Crippen LogP contribution in [0.2, 0.25) is 5.02 Å². The van der Waals surface area contributed by atoms with Gasteiger partial charge in [0, 0.05) is 25.2 Å². The smallest absolute Gasteiger partial charge is 0.271 e. The van der Waals surface area contributed by atoms with Crippen LogP contribution in [0.3, 0.4) is 0 Å². The van der Waals surface area contributed by atoms with E-state index in [-0.39, 0.29) is 28.3 Å². The summed E-state index contributed by atoms with van der Waals surface area (Å²) in [6.45, 7) is 7.98. The van der Waals surface area contributed by atoms with Gasteiger partial charge in [-0.15, -0.1) is 0 Å². The van der Waals surface area contributed by atoms with Crippen LogP contribution in [0.25, 0.3) is 0 Å². The first-order valence-corrected chi connectivity index (χ1v) is 8.14. The van der Waals surface area contributed by atoms with Gasteiger partial charge in [-0.05, 0) is 31.2 Å². The fourth-order valence-corrected chi connectivity index (χ4v) is 3.32. The van der Waals surface area contributed by atoms with E-state index in [1.54, 1.807) is 0 Å². The lowest BCUT2D eigenvalue weighted by molar-refractivity contribution is -0.384. The first-order chi connectivity index (χ1) is 10.8. The van der Waals surface area contributed by atoms with Crippen molar-refractivity contribution < 1.29 is 9.72 Å². The number of nitrogens with one attached hydrogen (secondary N) is 1. The van der Waals surface area contributed by atoms with E-state index in [2.05, 4.69) is 24.1 Å². The molecule has 7 heteroatoms. The SMILES string of the molecule is C[C@@H]1C[C@@H](C)CN([C@H](C)C(=O)Nc2cc([N+](=O)[O-])ccc2Cl)C1. The lowest BCUT2D eigenvalue weighted by atomic mass is 9.91. The number of halogens is 1. The number of hydrogen-bond donors (Lipinski definition) is 1. The Kier molecular flexibility index (Phi) is 5.59. The highest BCUT2D eigenvalue weighted by atomic mass is 35.5. The van der Waals surface area contributed by atoms with E-state index in [1.165, 1.54) is 24.6 Å². The highest BCUT2D eigenvalue weighted by Gasteiger charge is 2.29. The first-order valence-electron chi connectivity index (χ1n) is 7.76. The van der Waals surface area contributed by atoms with Crippen molar-refractivity contribution in [3.63, 3.8) is 0 Å². The van der Waals surface area contributed by atoms with Crippen molar-refractivity contribution in [1.82, 2.24) is 4.90 Å². The Morgan fingerprint density at radius 1 is 1.39 bits per heavy atom. The van der Waals surface area contributed by atoms with Crippen molar-refractivity contribution in [1.29, 1.82) is 0 Å². The highest BCUT2D eigenvalue weighted by Crippen LogP contribution is 2.28. The van der Waals surface area contributed by atoms with Gasteiger partial charge in [0.25, 0.3) is 5.69 Å². The maximum absolute atomic E-state index is 12.5. The van der Waals surface area contributed by atoms with Crippen molar-refractivity contribution in [2.24, 2.45) is 11.8 Å². The van der Waals surface area contributed by atoms with Crippen LogP contribution in [0.1, 0.15) is 27.2 Å². The van der Waals surface area contributed by atoms with E-state index >= 15 is 0 Å². The molecule has 0 bridgehead atoms. The molecular weight excluding hydrogens is 318 g/mol. The lowest BCUT2D eigenvalue weighted by Gasteiger charge is -2.38. The molecule has 1 aliphatic rings. The summed E-state index contributed by atoms with van der Waals surface area (Å²) in [5.41, 5.74) is 0.174. The molecule has 1 amide bonds. The molecule has 1 aliphatic heterocycles. The Bertz CT molecular complexity index is 598. The largest absolute Gasteiger partial charge is 0.323 e. The van der Waals surface area contributed by atoms with Crippen molar-refractivity contribution in [2.75, 3.05) is 18.4 Å². The minimum absolute atomic E-state index is 0.0995. The van der Waals surface area contributed by atoms with Gasteiger partial charge in [0.15, 0.2) is 0 Å². The summed E-state index contributed by atoms with van der Waals surface area (Å²) >= 11 is 6.03. The van der Waals surface area contributed by atoms with Crippen LogP contribution < -0.4 is 5.32 Å². The summed E-state index contributed by atoms with van der Waals surface area (Å²) in [7, 11) is 0. The van der Waals surface area contributed by atoms with E-state index < -0.39 is 4.92 Å². The Balaban J connectivity index is 2.09. The zero-order chi connectivity index (χ0) is 17.1. The second-order valence-electron chi connectivity index (χ2n) is 6.49. The quantitative estimate of drug-likeness (QED) is 0.672. The van der Waals surface area contributed by atoms with Crippen LogP contribution in [-0.2, 0) is 4.79 Å². The van der Waals surface area contributed by atoms with Crippen molar-refractivity contribution in [3.8, 4) is 0 Å². The van der Waals surface area contributed by atoms with Crippen LogP contribution >= 0.6 is 11.6 Å². The zero-order valence-corrected chi connectivity index (χ0v) is 14.3. The summed E-state index contributed by atoms with van der Waals surface area (Å²) in [6.07, 6.45) is 1.17. The summed E-state index contributed by atoms with van der Waals surface area (Å²) in [4.78, 5) is 25.0. The molecule has 0 aromatic heterocycles. The molecular formula is C16H22ClN3O3. The Labute approximate surface area is 141 Å². The number of amides is 1. The molecule has 1 aromatic rings. The van der Waals surface area contributed by atoms with Crippen LogP contribution in [0.5, 0.6) is 0 Å². The van der Waals surface area contributed by atoms with Gasteiger partial charge in [-0.25, -0.2) is 0 Å². The highest BCUT2D eigenvalue weighted by molar-refractivity contribution is 6.33. The lowest BCUT2D eigenvalue weighted by Crippen LogP contribution is -2.48. The molecule has 2 rings (SSSR count). The zero-order valence-electron chi connectivity index (χ0n) is 13.6. The van der Waals surface area contributed by atoms with E-state index in [9.17, 15) is 14.9 Å². The molecule has 3 atom stereocenters. The van der Waals surface area contributed by atoms with Crippen LogP contribution in [0.4, 0.5) is 11.4 Å². The van der Waals surface area contributed by atoms with Gasteiger partial charge in [0.2, 0.25) is 5.91 Å². The molecule has 0 saturated carbocycles. The van der Waals surface area contributed by atoms with E-state index in [0.29, 0.717) is 11.8 Å². The molecule has 0 radical (unpaired) electrons. The number of nitro benzene ring substituents is 1. The number of nitro groups is 1. The Hall–Kier alpha value is -1.66. The number of non-ortho nitro benzene ring substituents is 1. The maximum Gasteiger partial charge on any atom is 0.271 e. The maximum atomic E-state index is 12.5. The number of carbonyl (C=O) groups excluding carboxylic acids is 1. The van der Waals surface area contributed by atoms with Gasteiger partial charge in [0.05, 0.1) is 21.7 Å².